The Hall–Kier alpha value is -2.86. The smallest absolute Gasteiger partial charge is 0.257 e. The van der Waals surface area contributed by atoms with Crippen molar-refractivity contribution in [2.24, 2.45) is 0 Å². The van der Waals surface area contributed by atoms with Crippen molar-refractivity contribution in [3.8, 4) is 11.3 Å². The van der Waals surface area contributed by atoms with Crippen LogP contribution in [-0.2, 0) is 11.3 Å². The highest BCUT2D eigenvalue weighted by Gasteiger charge is 2.20. The second-order valence-corrected chi connectivity index (χ2v) is 5.57. The van der Waals surface area contributed by atoms with Gasteiger partial charge in [-0.25, -0.2) is 0 Å². The summed E-state index contributed by atoms with van der Waals surface area (Å²) in [6.07, 6.45) is 2.32. The lowest BCUT2D eigenvalue weighted by molar-refractivity contribution is 0.0916. The molecule has 0 fully saturated rings. The van der Waals surface area contributed by atoms with Gasteiger partial charge < -0.3 is 19.0 Å². The summed E-state index contributed by atoms with van der Waals surface area (Å²) in [4.78, 5) is 12.5. The van der Waals surface area contributed by atoms with E-state index in [9.17, 15) is 4.79 Å². The number of aryl methyl sites for hydroxylation is 1. The van der Waals surface area contributed by atoms with Crippen LogP contribution in [0.4, 0.5) is 0 Å². The summed E-state index contributed by atoms with van der Waals surface area (Å²) in [6.45, 7) is 3.22. The molecule has 0 bridgehead atoms. The second kappa shape index (κ2) is 8.30. The molecule has 2 aromatic heterocycles. The van der Waals surface area contributed by atoms with Crippen LogP contribution in [0.1, 0.15) is 28.3 Å². The van der Waals surface area contributed by atoms with E-state index in [1.165, 1.54) is 0 Å². The maximum absolute atomic E-state index is 12.5. The molecule has 0 unspecified atom stereocenters. The van der Waals surface area contributed by atoms with Crippen LogP contribution in [0.3, 0.4) is 0 Å². The van der Waals surface area contributed by atoms with Crippen molar-refractivity contribution < 1.29 is 18.5 Å². The molecule has 3 aromatic rings. The van der Waals surface area contributed by atoms with Gasteiger partial charge in [0.2, 0.25) is 0 Å². The van der Waals surface area contributed by atoms with Crippen LogP contribution >= 0.6 is 0 Å². The number of amides is 1. The van der Waals surface area contributed by atoms with Crippen LogP contribution in [0, 0.1) is 6.92 Å². The normalized spacial score (nSPS) is 10.8. The Morgan fingerprint density at radius 1 is 1.20 bits per heavy atom. The molecular formula is C19H20N2O4. The molecule has 0 radical (unpaired) electrons. The van der Waals surface area contributed by atoms with E-state index in [0.717, 1.165) is 11.3 Å². The van der Waals surface area contributed by atoms with Crippen molar-refractivity contribution in [3.63, 3.8) is 0 Å². The molecule has 0 aliphatic heterocycles. The van der Waals surface area contributed by atoms with E-state index in [0.29, 0.717) is 43.2 Å². The fourth-order valence-corrected chi connectivity index (χ4v) is 2.46. The van der Waals surface area contributed by atoms with Crippen LogP contribution in [0.2, 0.25) is 0 Å². The Bertz CT molecular complexity index is 794. The van der Waals surface area contributed by atoms with E-state index in [1.807, 2.05) is 42.5 Å². The number of carbonyl (C=O) groups is 1. The van der Waals surface area contributed by atoms with Gasteiger partial charge in [-0.2, -0.15) is 0 Å². The Morgan fingerprint density at radius 3 is 2.80 bits per heavy atom. The fraction of sp³-hybridized carbons (Fsp3) is 0.263. The number of carbonyl (C=O) groups excluding carboxylic acids is 1. The van der Waals surface area contributed by atoms with Crippen LogP contribution < -0.4 is 5.32 Å². The highest BCUT2D eigenvalue weighted by molar-refractivity contribution is 6.00. The van der Waals surface area contributed by atoms with Gasteiger partial charge in [0.05, 0.1) is 6.26 Å². The average molecular weight is 340 g/mol. The summed E-state index contributed by atoms with van der Waals surface area (Å²) in [5.41, 5.74) is 1.89. The Morgan fingerprint density at radius 2 is 2.04 bits per heavy atom. The summed E-state index contributed by atoms with van der Waals surface area (Å²) >= 11 is 0. The first-order valence-corrected chi connectivity index (χ1v) is 8.15. The van der Waals surface area contributed by atoms with Gasteiger partial charge in [0.1, 0.15) is 29.4 Å². The molecular weight excluding hydrogens is 320 g/mol. The lowest BCUT2D eigenvalue weighted by Crippen LogP contribution is -2.26. The molecule has 0 spiro atoms. The molecule has 1 aromatic carbocycles. The van der Waals surface area contributed by atoms with Gasteiger partial charge in [-0.3, -0.25) is 4.79 Å². The molecule has 1 amide bonds. The Balaban J connectivity index is 1.49. The molecule has 0 saturated heterocycles. The van der Waals surface area contributed by atoms with Crippen LogP contribution in [-0.4, -0.2) is 24.2 Å². The monoisotopic (exact) mass is 340 g/mol. The lowest BCUT2D eigenvalue weighted by Gasteiger charge is -2.06. The number of hydrogen-bond acceptors (Lipinski definition) is 5. The van der Waals surface area contributed by atoms with Crippen LogP contribution in [0.25, 0.3) is 11.3 Å². The third-order valence-electron chi connectivity index (χ3n) is 3.71. The van der Waals surface area contributed by atoms with Gasteiger partial charge in [0.15, 0.2) is 0 Å². The van der Waals surface area contributed by atoms with Gasteiger partial charge in [-0.15, -0.1) is 0 Å². The Kier molecular flexibility index (Phi) is 5.64. The predicted octanol–water partition coefficient (Wildman–Crippen LogP) is 3.58. The molecule has 1 N–H and O–H groups in total. The second-order valence-electron chi connectivity index (χ2n) is 5.57. The molecule has 6 nitrogen and oxygen atoms in total. The van der Waals surface area contributed by atoms with Crippen molar-refractivity contribution in [2.45, 2.75) is 20.0 Å². The third-order valence-corrected chi connectivity index (χ3v) is 3.71. The van der Waals surface area contributed by atoms with E-state index >= 15 is 0 Å². The molecule has 3 rings (SSSR count). The molecule has 0 aliphatic carbocycles. The summed E-state index contributed by atoms with van der Waals surface area (Å²) in [6, 6.07) is 13.2. The van der Waals surface area contributed by atoms with E-state index < -0.39 is 0 Å². The number of aromatic nitrogens is 1. The van der Waals surface area contributed by atoms with E-state index in [-0.39, 0.29) is 5.91 Å². The lowest BCUT2D eigenvalue weighted by atomic mass is 10.1. The van der Waals surface area contributed by atoms with Crippen LogP contribution in [0.5, 0.6) is 0 Å². The van der Waals surface area contributed by atoms with E-state index in [1.54, 1.807) is 13.2 Å². The number of rotatable bonds is 8. The first-order chi connectivity index (χ1) is 12.3. The topological polar surface area (TPSA) is 77.5 Å². The molecule has 130 valence electrons. The van der Waals surface area contributed by atoms with Crippen molar-refractivity contribution in [1.82, 2.24) is 10.5 Å². The largest absolute Gasteiger partial charge is 0.467 e. The first kappa shape index (κ1) is 17.0. The summed E-state index contributed by atoms with van der Waals surface area (Å²) < 4.78 is 15.9. The predicted molar refractivity (Wildman–Crippen MR) is 92.0 cm³/mol. The molecule has 0 atom stereocenters. The zero-order valence-corrected chi connectivity index (χ0v) is 14.0. The number of nitrogens with zero attached hydrogens (tertiary/aromatic N) is 1. The maximum atomic E-state index is 12.5. The van der Waals surface area contributed by atoms with Gasteiger partial charge in [0.25, 0.3) is 5.91 Å². The minimum atomic E-state index is -0.191. The average Bonchev–Trinajstić information content (AvgIpc) is 3.28. The van der Waals surface area contributed by atoms with Crippen molar-refractivity contribution >= 4 is 5.91 Å². The SMILES string of the molecule is Cc1onc(-c2ccccc2)c1C(=O)NCCCOCc1ccco1. The molecule has 0 saturated carbocycles. The number of hydrogen-bond donors (Lipinski definition) is 1. The summed E-state index contributed by atoms with van der Waals surface area (Å²) in [5, 5.41) is 6.91. The molecule has 0 aliphatic rings. The van der Waals surface area contributed by atoms with Gasteiger partial charge >= 0.3 is 0 Å². The highest BCUT2D eigenvalue weighted by Crippen LogP contribution is 2.24. The third kappa shape index (κ3) is 4.36. The van der Waals surface area contributed by atoms with Crippen LogP contribution in [0.15, 0.2) is 57.7 Å². The summed E-state index contributed by atoms with van der Waals surface area (Å²) in [5.74, 6) is 1.10. The minimum absolute atomic E-state index is 0.191. The number of furan rings is 1. The van der Waals surface area contributed by atoms with E-state index in [4.69, 9.17) is 13.7 Å². The maximum Gasteiger partial charge on any atom is 0.257 e. The van der Waals surface area contributed by atoms with E-state index in [2.05, 4.69) is 10.5 Å². The number of ether oxygens (including phenoxy) is 1. The highest BCUT2D eigenvalue weighted by atomic mass is 16.5. The number of benzene rings is 1. The fourth-order valence-electron chi connectivity index (χ4n) is 2.46. The van der Waals surface area contributed by atoms with Gasteiger partial charge in [0, 0.05) is 18.7 Å². The molecule has 25 heavy (non-hydrogen) atoms. The van der Waals surface area contributed by atoms with Crippen molar-refractivity contribution in [3.05, 3.63) is 65.8 Å². The minimum Gasteiger partial charge on any atom is -0.467 e. The van der Waals surface area contributed by atoms with Gasteiger partial charge in [-0.05, 0) is 25.5 Å². The zero-order valence-electron chi connectivity index (χ0n) is 14.0. The van der Waals surface area contributed by atoms with Gasteiger partial charge in [-0.1, -0.05) is 35.5 Å². The number of nitrogens with one attached hydrogen (secondary N) is 1. The van der Waals surface area contributed by atoms with Crippen molar-refractivity contribution in [1.29, 1.82) is 0 Å². The zero-order chi connectivity index (χ0) is 17.5. The first-order valence-electron chi connectivity index (χ1n) is 8.15. The molecule has 2 heterocycles. The quantitative estimate of drug-likeness (QED) is 0.634. The summed E-state index contributed by atoms with van der Waals surface area (Å²) in [7, 11) is 0. The van der Waals surface area contributed by atoms with Crippen molar-refractivity contribution in [2.75, 3.05) is 13.2 Å². The standard InChI is InChI=1S/C19H20N2O4/c1-14-17(18(21-25-14)15-7-3-2-4-8-15)19(22)20-10-6-11-23-13-16-9-5-12-24-16/h2-5,7-9,12H,6,10-11,13H2,1H3,(H,20,22). The Labute approximate surface area is 145 Å². The molecule has 6 heteroatoms.